The summed E-state index contributed by atoms with van der Waals surface area (Å²) in [6.07, 6.45) is 2.51. The Bertz CT molecular complexity index is 1100. The van der Waals surface area contributed by atoms with Crippen molar-refractivity contribution in [3.05, 3.63) is 64.9 Å². The number of benzene rings is 2. The first-order valence-corrected chi connectivity index (χ1v) is 12.0. The number of urea groups is 1. The number of amides is 2. The van der Waals surface area contributed by atoms with E-state index in [0.717, 1.165) is 41.8 Å². The fourth-order valence-electron chi connectivity index (χ4n) is 4.52. The number of aromatic nitrogens is 3. The summed E-state index contributed by atoms with van der Waals surface area (Å²) in [5.41, 5.74) is 3.34. The van der Waals surface area contributed by atoms with Crippen molar-refractivity contribution in [1.29, 1.82) is 0 Å². The molecule has 172 valence electrons. The highest BCUT2D eigenvalue weighted by Crippen LogP contribution is 2.24. The molecule has 0 spiro atoms. The van der Waals surface area contributed by atoms with E-state index >= 15 is 0 Å². The van der Waals surface area contributed by atoms with Crippen molar-refractivity contribution in [2.24, 2.45) is 5.92 Å². The van der Waals surface area contributed by atoms with Gasteiger partial charge in [-0.3, -0.25) is 0 Å². The summed E-state index contributed by atoms with van der Waals surface area (Å²) in [5.74, 6) is 2.43. The summed E-state index contributed by atoms with van der Waals surface area (Å²) in [6.45, 7) is 6.80. The minimum atomic E-state index is -0.0774. The quantitative estimate of drug-likeness (QED) is 0.614. The van der Waals surface area contributed by atoms with E-state index in [1.165, 1.54) is 18.5 Å². The molecule has 1 saturated heterocycles. The molecule has 7 nitrogen and oxygen atoms in total. The lowest BCUT2D eigenvalue weighted by atomic mass is 9.99. The first-order valence-electron chi connectivity index (χ1n) is 11.6. The zero-order valence-corrected chi connectivity index (χ0v) is 19.6. The van der Waals surface area contributed by atoms with Crippen molar-refractivity contribution in [3.63, 3.8) is 0 Å². The smallest absolute Gasteiger partial charge is 0.318 e. The average Bonchev–Trinajstić information content (AvgIpc) is 3.27. The van der Waals surface area contributed by atoms with Gasteiger partial charge in [-0.1, -0.05) is 30.7 Å². The van der Waals surface area contributed by atoms with Crippen LogP contribution in [0.4, 0.5) is 10.5 Å². The molecule has 0 bridgehead atoms. The normalized spacial score (nSPS) is 16.5. The minimum absolute atomic E-state index is 0.0774. The van der Waals surface area contributed by atoms with E-state index in [1.54, 1.807) is 4.90 Å². The zero-order valence-electron chi connectivity index (χ0n) is 18.9. The molecule has 0 radical (unpaired) electrons. The van der Waals surface area contributed by atoms with Gasteiger partial charge in [0.25, 0.3) is 0 Å². The third-order valence-electron chi connectivity index (χ3n) is 6.67. The fourth-order valence-corrected chi connectivity index (χ4v) is 4.65. The average molecular weight is 465 g/mol. The number of carbonyl (C=O) groups excluding carboxylic acids is 1. The maximum absolute atomic E-state index is 12.8. The molecule has 0 atom stereocenters. The summed E-state index contributed by atoms with van der Waals surface area (Å²) >= 11 is 6.00. The largest absolute Gasteiger partial charge is 0.372 e. The van der Waals surface area contributed by atoms with Crippen LogP contribution in [0.25, 0.3) is 11.4 Å². The first-order chi connectivity index (χ1) is 16.1. The van der Waals surface area contributed by atoms with E-state index in [2.05, 4.69) is 56.2 Å². The van der Waals surface area contributed by atoms with Crippen LogP contribution in [0, 0.1) is 5.92 Å². The SMILES string of the molecule is CC1CCN(c2ccc(CNC(=O)N3CCn4c(nnc4-c4ccc(Cl)cc4)C3)cc2)CC1. The second-order valence-electron chi connectivity index (χ2n) is 9.01. The molecule has 3 aromatic rings. The number of fused-ring (bicyclic) bond motifs is 1. The number of halogens is 1. The highest BCUT2D eigenvalue weighted by molar-refractivity contribution is 6.30. The van der Waals surface area contributed by atoms with Crippen molar-refractivity contribution in [3.8, 4) is 11.4 Å². The number of nitrogens with one attached hydrogen (secondary N) is 1. The lowest BCUT2D eigenvalue weighted by Crippen LogP contribution is -2.44. The Morgan fingerprint density at radius 1 is 1.00 bits per heavy atom. The second kappa shape index (κ2) is 9.43. The Hall–Kier alpha value is -3.06. The minimum Gasteiger partial charge on any atom is -0.372 e. The summed E-state index contributed by atoms with van der Waals surface area (Å²) in [5, 5.41) is 12.4. The van der Waals surface area contributed by atoms with Gasteiger partial charge in [0.1, 0.15) is 0 Å². The molecule has 8 heteroatoms. The van der Waals surface area contributed by atoms with Gasteiger partial charge >= 0.3 is 6.03 Å². The van der Waals surface area contributed by atoms with Crippen molar-refractivity contribution >= 4 is 23.3 Å². The lowest BCUT2D eigenvalue weighted by molar-refractivity contribution is 0.182. The Balaban J connectivity index is 1.16. The molecule has 1 N–H and O–H groups in total. The van der Waals surface area contributed by atoms with Crippen LogP contribution in [0.2, 0.25) is 5.02 Å². The molecular formula is C25H29ClN6O. The number of hydrogen-bond acceptors (Lipinski definition) is 4. The fraction of sp³-hybridized carbons (Fsp3) is 0.400. The number of rotatable bonds is 4. The van der Waals surface area contributed by atoms with Crippen molar-refractivity contribution in [2.45, 2.75) is 39.4 Å². The molecule has 0 saturated carbocycles. The van der Waals surface area contributed by atoms with Crippen LogP contribution < -0.4 is 10.2 Å². The van der Waals surface area contributed by atoms with Crippen LogP contribution in [0.15, 0.2) is 48.5 Å². The van der Waals surface area contributed by atoms with Gasteiger partial charge in [0, 0.05) is 49.0 Å². The highest BCUT2D eigenvalue weighted by Gasteiger charge is 2.25. The Morgan fingerprint density at radius 3 is 2.45 bits per heavy atom. The van der Waals surface area contributed by atoms with E-state index in [4.69, 9.17) is 11.6 Å². The Labute approximate surface area is 199 Å². The summed E-state index contributed by atoms with van der Waals surface area (Å²) in [7, 11) is 0. The third kappa shape index (κ3) is 4.83. The maximum atomic E-state index is 12.8. The molecule has 1 aromatic heterocycles. The molecule has 2 aliphatic rings. The summed E-state index contributed by atoms with van der Waals surface area (Å²) in [4.78, 5) is 17.0. The van der Waals surface area contributed by atoms with E-state index in [9.17, 15) is 4.79 Å². The van der Waals surface area contributed by atoms with Gasteiger partial charge in [-0.05, 0) is 60.7 Å². The highest BCUT2D eigenvalue weighted by atomic mass is 35.5. The van der Waals surface area contributed by atoms with Crippen molar-refractivity contribution in [2.75, 3.05) is 24.5 Å². The molecular weight excluding hydrogens is 436 g/mol. The van der Waals surface area contributed by atoms with E-state index in [1.807, 2.05) is 24.3 Å². The molecule has 0 aliphatic carbocycles. The molecule has 2 aliphatic heterocycles. The van der Waals surface area contributed by atoms with Gasteiger partial charge in [0.05, 0.1) is 6.54 Å². The first kappa shape index (κ1) is 21.8. The predicted octanol–water partition coefficient (Wildman–Crippen LogP) is 4.56. The number of anilines is 1. The molecule has 2 amide bonds. The molecule has 2 aromatic carbocycles. The topological polar surface area (TPSA) is 66.3 Å². The van der Waals surface area contributed by atoms with Crippen LogP contribution in [-0.2, 0) is 19.6 Å². The van der Waals surface area contributed by atoms with Crippen LogP contribution in [0.5, 0.6) is 0 Å². The van der Waals surface area contributed by atoms with E-state index in [-0.39, 0.29) is 6.03 Å². The summed E-state index contributed by atoms with van der Waals surface area (Å²) in [6, 6.07) is 16.1. The standard InChI is InChI=1S/C25H29ClN6O/c1-18-10-12-30(13-11-18)22-8-2-19(3-9-22)16-27-25(33)31-14-15-32-23(17-31)28-29-24(32)20-4-6-21(26)7-5-20/h2-9,18H,10-17H2,1H3,(H,27,33). The van der Waals surface area contributed by atoms with Crippen LogP contribution in [-0.4, -0.2) is 45.3 Å². The molecule has 33 heavy (non-hydrogen) atoms. The van der Waals surface area contributed by atoms with E-state index < -0.39 is 0 Å². The Kier molecular flexibility index (Phi) is 6.22. The molecule has 1 fully saturated rings. The van der Waals surface area contributed by atoms with Gasteiger partial charge in [-0.15, -0.1) is 10.2 Å². The van der Waals surface area contributed by atoms with Gasteiger partial charge < -0.3 is 19.7 Å². The van der Waals surface area contributed by atoms with Gasteiger partial charge in [0.15, 0.2) is 11.6 Å². The number of carbonyl (C=O) groups is 1. The van der Waals surface area contributed by atoms with Crippen molar-refractivity contribution in [1.82, 2.24) is 25.0 Å². The Morgan fingerprint density at radius 2 is 1.73 bits per heavy atom. The van der Waals surface area contributed by atoms with Gasteiger partial charge in [-0.2, -0.15) is 0 Å². The third-order valence-corrected chi connectivity index (χ3v) is 6.92. The van der Waals surface area contributed by atoms with Crippen LogP contribution in [0.1, 0.15) is 31.2 Å². The number of piperidine rings is 1. The maximum Gasteiger partial charge on any atom is 0.318 e. The molecule has 5 rings (SSSR count). The van der Waals surface area contributed by atoms with Crippen LogP contribution in [0.3, 0.4) is 0 Å². The van der Waals surface area contributed by atoms with E-state index in [0.29, 0.717) is 31.2 Å². The van der Waals surface area contributed by atoms with Crippen LogP contribution >= 0.6 is 11.6 Å². The number of hydrogen-bond donors (Lipinski definition) is 1. The lowest BCUT2D eigenvalue weighted by Gasteiger charge is -2.32. The summed E-state index contributed by atoms with van der Waals surface area (Å²) < 4.78 is 2.08. The predicted molar refractivity (Wildman–Crippen MR) is 130 cm³/mol. The zero-order chi connectivity index (χ0) is 22.8. The molecule has 3 heterocycles. The molecule has 0 unspecified atom stereocenters. The second-order valence-corrected chi connectivity index (χ2v) is 9.45. The monoisotopic (exact) mass is 464 g/mol. The van der Waals surface area contributed by atoms with Crippen molar-refractivity contribution < 1.29 is 4.79 Å². The van der Waals surface area contributed by atoms with Gasteiger partial charge in [0.2, 0.25) is 0 Å². The van der Waals surface area contributed by atoms with Gasteiger partial charge in [-0.25, -0.2) is 4.79 Å². The number of nitrogens with zero attached hydrogens (tertiary/aromatic N) is 5.